The molecule has 1 amide bonds. The second kappa shape index (κ2) is 8.80. The molecule has 0 saturated carbocycles. The van der Waals surface area contributed by atoms with Gasteiger partial charge in [-0.3, -0.25) is 4.79 Å². The van der Waals surface area contributed by atoms with Crippen molar-refractivity contribution in [3.63, 3.8) is 0 Å². The largest absolute Gasteiger partial charge is 0.490 e. The molecule has 2 aromatic rings. The van der Waals surface area contributed by atoms with Gasteiger partial charge in [-0.05, 0) is 38.8 Å². The van der Waals surface area contributed by atoms with E-state index in [1.165, 1.54) is 4.88 Å². The fourth-order valence-electron chi connectivity index (χ4n) is 2.18. The Bertz CT molecular complexity index is 665. The van der Waals surface area contributed by atoms with Crippen LogP contribution >= 0.6 is 11.3 Å². The minimum Gasteiger partial charge on any atom is -0.490 e. The Labute approximate surface area is 146 Å². The van der Waals surface area contributed by atoms with Crippen molar-refractivity contribution in [2.24, 2.45) is 0 Å². The summed E-state index contributed by atoms with van der Waals surface area (Å²) in [7, 11) is 0. The average Bonchev–Trinajstić information content (AvgIpc) is 2.88. The Morgan fingerprint density at radius 3 is 2.75 bits per heavy atom. The highest BCUT2D eigenvalue weighted by atomic mass is 32.1. The van der Waals surface area contributed by atoms with Crippen molar-refractivity contribution in [2.45, 2.75) is 39.7 Å². The molecule has 0 bridgehead atoms. The van der Waals surface area contributed by atoms with Crippen LogP contribution in [0.2, 0.25) is 0 Å². The lowest BCUT2D eigenvalue weighted by Gasteiger charge is -2.13. The minimum absolute atomic E-state index is 0.0540. The van der Waals surface area contributed by atoms with Crippen molar-refractivity contribution in [2.75, 3.05) is 13.2 Å². The van der Waals surface area contributed by atoms with Crippen LogP contribution in [0.25, 0.3) is 0 Å². The number of aliphatic hydroxyl groups is 1. The minimum atomic E-state index is -1.17. The summed E-state index contributed by atoms with van der Waals surface area (Å²) in [6.45, 7) is 6.44. The summed E-state index contributed by atoms with van der Waals surface area (Å²) in [5.74, 6) is 0.272. The molecule has 0 fully saturated rings. The molecule has 0 radical (unpaired) electrons. The van der Waals surface area contributed by atoms with Gasteiger partial charge in [0.15, 0.2) is 6.10 Å². The predicted octanol–water partition coefficient (Wildman–Crippen LogP) is 2.56. The fraction of sp³-hybridized carbons (Fsp3) is 0.444. The van der Waals surface area contributed by atoms with Crippen molar-refractivity contribution in [3.05, 3.63) is 45.4 Å². The second-order valence-corrected chi connectivity index (χ2v) is 7.02. The second-order valence-electron chi connectivity index (χ2n) is 5.74. The standard InChI is InChI=1S/C18H24N2O3S/c1-12-7-4-5-8-16(12)23-11-15(21)18(22)19-10-6-9-17-20-13(2)14(3)24-17/h4-5,7-8,15,21H,6,9-11H2,1-3H3,(H,19,22). The molecule has 5 nitrogen and oxygen atoms in total. The van der Waals surface area contributed by atoms with Crippen LogP contribution in [-0.2, 0) is 11.2 Å². The van der Waals surface area contributed by atoms with Gasteiger partial charge < -0.3 is 15.2 Å². The number of amides is 1. The van der Waals surface area contributed by atoms with Crippen LogP contribution in [0.4, 0.5) is 0 Å². The topological polar surface area (TPSA) is 71.5 Å². The smallest absolute Gasteiger partial charge is 0.252 e. The Balaban J connectivity index is 1.67. The maximum absolute atomic E-state index is 11.9. The number of ether oxygens (including phenoxy) is 1. The lowest BCUT2D eigenvalue weighted by Crippen LogP contribution is -2.38. The predicted molar refractivity (Wildman–Crippen MR) is 95.6 cm³/mol. The van der Waals surface area contributed by atoms with Gasteiger partial charge in [-0.1, -0.05) is 18.2 Å². The first kappa shape index (κ1) is 18.4. The van der Waals surface area contributed by atoms with Crippen LogP contribution in [0.15, 0.2) is 24.3 Å². The molecule has 0 aliphatic heterocycles. The van der Waals surface area contributed by atoms with E-state index in [2.05, 4.69) is 17.2 Å². The molecule has 0 aliphatic rings. The lowest BCUT2D eigenvalue weighted by molar-refractivity contribution is -0.130. The van der Waals surface area contributed by atoms with E-state index in [1.807, 2.05) is 38.1 Å². The maximum atomic E-state index is 11.9. The molecule has 130 valence electrons. The number of thiazole rings is 1. The number of para-hydroxylation sites is 1. The third kappa shape index (κ3) is 5.32. The molecule has 6 heteroatoms. The zero-order chi connectivity index (χ0) is 17.5. The SMILES string of the molecule is Cc1ccccc1OCC(O)C(=O)NCCCc1nc(C)c(C)s1. The van der Waals surface area contributed by atoms with Crippen molar-refractivity contribution >= 4 is 17.2 Å². The molecule has 2 N–H and O–H groups in total. The highest BCUT2D eigenvalue weighted by molar-refractivity contribution is 7.11. The van der Waals surface area contributed by atoms with Gasteiger partial charge in [0.25, 0.3) is 5.91 Å². The first-order chi connectivity index (χ1) is 11.5. The zero-order valence-corrected chi connectivity index (χ0v) is 15.2. The highest BCUT2D eigenvalue weighted by Crippen LogP contribution is 2.17. The van der Waals surface area contributed by atoms with E-state index in [0.29, 0.717) is 12.3 Å². The summed E-state index contributed by atoms with van der Waals surface area (Å²) in [5, 5.41) is 13.7. The number of aliphatic hydroxyl groups excluding tert-OH is 1. The van der Waals surface area contributed by atoms with Gasteiger partial charge in [0.05, 0.1) is 10.7 Å². The van der Waals surface area contributed by atoms with Crippen molar-refractivity contribution in [1.82, 2.24) is 10.3 Å². The van der Waals surface area contributed by atoms with Gasteiger partial charge in [0.2, 0.25) is 0 Å². The van der Waals surface area contributed by atoms with Crippen LogP contribution in [0.3, 0.4) is 0 Å². The molecule has 0 aliphatic carbocycles. The van der Waals surface area contributed by atoms with E-state index < -0.39 is 12.0 Å². The quantitative estimate of drug-likeness (QED) is 0.719. The average molecular weight is 348 g/mol. The number of aromatic nitrogens is 1. The van der Waals surface area contributed by atoms with Crippen LogP contribution in [-0.4, -0.2) is 35.3 Å². The normalized spacial score (nSPS) is 12.0. The van der Waals surface area contributed by atoms with Gasteiger partial charge in [-0.25, -0.2) is 4.98 Å². The van der Waals surface area contributed by atoms with E-state index in [-0.39, 0.29) is 6.61 Å². The molecular formula is C18H24N2O3S. The number of hydrogen-bond donors (Lipinski definition) is 2. The number of carbonyl (C=O) groups excluding carboxylic acids is 1. The first-order valence-corrected chi connectivity index (χ1v) is 8.86. The Morgan fingerprint density at radius 1 is 1.33 bits per heavy atom. The monoisotopic (exact) mass is 348 g/mol. The number of nitrogens with zero attached hydrogens (tertiary/aromatic N) is 1. The molecule has 2 rings (SSSR count). The Morgan fingerprint density at radius 2 is 2.08 bits per heavy atom. The Kier molecular flexibility index (Phi) is 6.75. The number of nitrogens with one attached hydrogen (secondary N) is 1. The molecule has 1 aromatic carbocycles. The molecule has 1 heterocycles. The third-order valence-electron chi connectivity index (χ3n) is 3.73. The molecule has 0 spiro atoms. The summed E-state index contributed by atoms with van der Waals surface area (Å²) in [6.07, 6.45) is 0.452. The van der Waals surface area contributed by atoms with Crippen molar-refractivity contribution in [1.29, 1.82) is 0 Å². The van der Waals surface area contributed by atoms with Crippen LogP contribution < -0.4 is 10.1 Å². The number of benzene rings is 1. The number of aryl methyl sites for hydroxylation is 4. The summed E-state index contributed by atoms with van der Waals surface area (Å²) in [4.78, 5) is 17.6. The van der Waals surface area contributed by atoms with Gasteiger partial charge >= 0.3 is 0 Å². The van der Waals surface area contributed by atoms with E-state index in [0.717, 1.165) is 29.1 Å². The number of hydrogen-bond acceptors (Lipinski definition) is 5. The first-order valence-electron chi connectivity index (χ1n) is 8.04. The summed E-state index contributed by atoms with van der Waals surface area (Å²) in [6, 6.07) is 7.51. The Hall–Kier alpha value is -1.92. The van der Waals surface area contributed by atoms with Gasteiger partial charge in [0.1, 0.15) is 12.4 Å². The summed E-state index contributed by atoms with van der Waals surface area (Å²) in [5.41, 5.74) is 2.04. The number of carbonyl (C=O) groups is 1. The highest BCUT2D eigenvalue weighted by Gasteiger charge is 2.15. The van der Waals surface area contributed by atoms with E-state index in [4.69, 9.17) is 4.74 Å². The maximum Gasteiger partial charge on any atom is 0.252 e. The van der Waals surface area contributed by atoms with Gasteiger partial charge in [-0.2, -0.15) is 0 Å². The van der Waals surface area contributed by atoms with E-state index >= 15 is 0 Å². The fourth-order valence-corrected chi connectivity index (χ4v) is 3.15. The summed E-state index contributed by atoms with van der Waals surface area (Å²) >= 11 is 1.69. The zero-order valence-electron chi connectivity index (χ0n) is 14.3. The van der Waals surface area contributed by atoms with Crippen molar-refractivity contribution in [3.8, 4) is 5.75 Å². The van der Waals surface area contributed by atoms with Crippen LogP contribution in [0.1, 0.15) is 27.6 Å². The lowest BCUT2D eigenvalue weighted by atomic mass is 10.2. The van der Waals surface area contributed by atoms with Gasteiger partial charge in [0, 0.05) is 17.8 Å². The van der Waals surface area contributed by atoms with Gasteiger partial charge in [-0.15, -0.1) is 11.3 Å². The molecule has 1 atom stereocenters. The summed E-state index contributed by atoms with van der Waals surface area (Å²) < 4.78 is 5.49. The number of rotatable bonds is 8. The van der Waals surface area contributed by atoms with E-state index in [9.17, 15) is 9.90 Å². The molecule has 1 unspecified atom stereocenters. The van der Waals surface area contributed by atoms with Crippen molar-refractivity contribution < 1.29 is 14.6 Å². The third-order valence-corrected chi connectivity index (χ3v) is 4.87. The molecule has 1 aromatic heterocycles. The van der Waals surface area contributed by atoms with E-state index in [1.54, 1.807) is 11.3 Å². The van der Waals surface area contributed by atoms with Crippen LogP contribution in [0, 0.1) is 20.8 Å². The molecule has 0 saturated heterocycles. The molecular weight excluding hydrogens is 324 g/mol. The molecule has 24 heavy (non-hydrogen) atoms. The van der Waals surface area contributed by atoms with Crippen LogP contribution in [0.5, 0.6) is 5.75 Å².